The Morgan fingerprint density at radius 1 is 1.28 bits per heavy atom. The van der Waals surface area contributed by atoms with E-state index < -0.39 is 12.0 Å². The van der Waals surface area contributed by atoms with Crippen molar-refractivity contribution >= 4 is 16.7 Å². The van der Waals surface area contributed by atoms with Crippen LogP contribution in [0, 0.1) is 0 Å². The number of carbonyl (C=O) groups is 1. The highest BCUT2D eigenvalue weighted by Crippen LogP contribution is 2.28. The zero-order valence-electron chi connectivity index (χ0n) is 10.2. The number of rotatable bonds is 4. The number of amides is 1. The van der Waals surface area contributed by atoms with Crippen LogP contribution in [0.3, 0.4) is 0 Å². The molecule has 0 saturated heterocycles. The number of nitrogens with two attached hydrogens (primary N) is 2. The lowest BCUT2D eigenvalue weighted by Gasteiger charge is -2.16. The normalized spacial score (nSPS) is 12.3. The number of primary amides is 1. The molecule has 1 unspecified atom stereocenters. The molecule has 1 amide bonds. The van der Waals surface area contributed by atoms with Crippen LogP contribution in [-0.4, -0.2) is 12.0 Å². The Balaban J connectivity index is 2.48. The predicted octanol–water partition coefficient (Wildman–Crippen LogP) is 1.55. The average molecular weight is 244 g/mol. The zero-order valence-corrected chi connectivity index (χ0v) is 10.2. The minimum Gasteiger partial charge on any atom is -0.481 e. The van der Waals surface area contributed by atoms with Crippen LogP contribution >= 0.6 is 0 Å². The van der Waals surface area contributed by atoms with Gasteiger partial charge in [0.25, 0.3) is 5.91 Å². The standard InChI is InChI=1S/C14H16N2O2/c1-9(14(16)17)18-13-7-6-10-4-2-3-5-11(10)12(13)8-15/h2-7,9H,8,15H2,1H3,(H2,16,17). The van der Waals surface area contributed by atoms with Crippen molar-refractivity contribution < 1.29 is 9.53 Å². The van der Waals surface area contributed by atoms with E-state index in [9.17, 15) is 4.79 Å². The van der Waals surface area contributed by atoms with E-state index in [1.54, 1.807) is 6.92 Å². The van der Waals surface area contributed by atoms with Gasteiger partial charge in [-0.15, -0.1) is 0 Å². The largest absolute Gasteiger partial charge is 0.481 e. The molecule has 0 aromatic heterocycles. The number of ether oxygens (including phenoxy) is 1. The van der Waals surface area contributed by atoms with Gasteiger partial charge in [0.15, 0.2) is 6.10 Å². The molecule has 94 valence electrons. The number of benzene rings is 2. The molecule has 18 heavy (non-hydrogen) atoms. The number of carbonyl (C=O) groups excluding carboxylic acids is 1. The van der Waals surface area contributed by atoms with E-state index in [4.69, 9.17) is 16.2 Å². The topological polar surface area (TPSA) is 78.3 Å². The van der Waals surface area contributed by atoms with E-state index in [1.165, 1.54) is 0 Å². The number of hydrogen-bond donors (Lipinski definition) is 2. The van der Waals surface area contributed by atoms with Gasteiger partial charge in [0.05, 0.1) is 0 Å². The molecule has 1 atom stereocenters. The summed E-state index contributed by atoms with van der Waals surface area (Å²) in [4.78, 5) is 11.0. The monoisotopic (exact) mass is 244 g/mol. The molecule has 2 rings (SSSR count). The van der Waals surface area contributed by atoms with Crippen LogP contribution in [0.2, 0.25) is 0 Å². The predicted molar refractivity (Wildman–Crippen MR) is 71.1 cm³/mol. The Bertz CT molecular complexity index is 581. The van der Waals surface area contributed by atoms with Gasteiger partial charge in [0, 0.05) is 12.1 Å². The minimum absolute atomic E-state index is 0.349. The van der Waals surface area contributed by atoms with Crippen molar-refractivity contribution in [3.05, 3.63) is 42.0 Å². The highest BCUT2D eigenvalue weighted by Gasteiger charge is 2.14. The quantitative estimate of drug-likeness (QED) is 0.856. The maximum absolute atomic E-state index is 11.0. The smallest absolute Gasteiger partial charge is 0.258 e. The van der Waals surface area contributed by atoms with Gasteiger partial charge in [-0.2, -0.15) is 0 Å². The van der Waals surface area contributed by atoms with Crippen LogP contribution in [-0.2, 0) is 11.3 Å². The Labute approximate surface area is 106 Å². The molecule has 0 aliphatic heterocycles. The summed E-state index contributed by atoms with van der Waals surface area (Å²) in [7, 11) is 0. The van der Waals surface area contributed by atoms with Gasteiger partial charge in [-0.25, -0.2) is 0 Å². The first-order valence-electron chi connectivity index (χ1n) is 5.80. The molecule has 0 heterocycles. The molecule has 4 nitrogen and oxygen atoms in total. The molecule has 4 N–H and O–H groups in total. The highest BCUT2D eigenvalue weighted by atomic mass is 16.5. The van der Waals surface area contributed by atoms with E-state index in [2.05, 4.69) is 0 Å². The lowest BCUT2D eigenvalue weighted by Crippen LogP contribution is -2.31. The Morgan fingerprint density at radius 2 is 2.00 bits per heavy atom. The highest BCUT2D eigenvalue weighted by molar-refractivity contribution is 5.88. The first-order valence-corrected chi connectivity index (χ1v) is 5.80. The van der Waals surface area contributed by atoms with E-state index in [-0.39, 0.29) is 0 Å². The second kappa shape index (κ2) is 5.06. The van der Waals surface area contributed by atoms with Crippen molar-refractivity contribution in [1.82, 2.24) is 0 Å². The van der Waals surface area contributed by atoms with Crippen LogP contribution in [0.4, 0.5) is 0 Å². The minimum atomic E-state index is -0.670. The molecule has 0 aliphatic rings. The van der Waals surface area contributed by atoms with Gasteiger partial charge in [0.2, 0.25) is 0 Å². The molecule has 2 aromatic carbocycles. The molecule has 0 fully saturated rings. The van der Waals surface area contributed by atoms with Crippen molar-refractivity contribution in [3.63, 3.8) is 0 Å². The van der Waals surface area contributed by atoms with Crippen molar-refractivity contribution in [3.8, 4) is 5.75 Å². The fourth-order valence-electron chi connectivity index (χ4n) is 1.89. The molecule has 0 aliphatic carbocycles. The van der Waals surface area contributed by atoms with Gasteiger partial charge in [-0.05, 0) is 23.8 Å². The molecule has 0 bridgehead atoms. The average Bonchev–Trinajstić information content (AvgIpc) is 2.38. The van der Waals surface area contributed by atoms with E-state index >= 15 is 0 Å². The zero-order chi connectivity index (χ0) is 13.1. The summed E-state index contributed by atoms with van der Waals surface area (Å²) >= 11 is 0. The molecular weight excluding hydrogens is 228 g/mol. The first-order chi connectivity index (χ1) is 8.63. The lowest BCUT2D eigenvalue weighted by atomic mass is 10.0. The summed E-state index contributed by atoms with van der Waals surface area (Å²) < 4.78 is 5.55. The van der Waals surface area contributed by atoms with Crippen molar-refractivity contribution in [2.24, 2.45) is 11.5 Å². The molecule has 0 saturated carbocycles. The molecule has 0 radical (unpaired) electrons. The summed E-state index contributed by atoms with van der Waals surface area (Å²) in [6.45, 7) is 1.97. The SMILES string of the molecule is CC(Oc1ccc2ccccc2c1CN)C(N)=O. The Morgan fingerprint density at radius 3 is 2.67 bits per heavy atom. The van der Waals surface area contributed by atoms with Crippen LogP contribution in [0.25, 0.3) is 10.8 Å². The van der Waals surface area contributed by atoms with E-state index in [1.807, 2.05) is 36.4 Å². The molecule has 0 spiro atoms. The third-order valence-electron chi connectivity index (χ3n) is 2.91. The van der Waals surface area contributed by atoms with Crippen molar-refractivity contribution in [2.75, 3.05) is 0 Å². The van der Waals surface area contributed by atoms with E-state index in [0.29, 0.717) is 12.3 Å². The molecule has 2 aromatic rings. The molecule has 4 heteroatoms. The Kier molecular flexibility index (Phi) is 3.48. The van der Waals surface area contributed by atoms with Gasteiger partial charge in [-0.3, -0.25) is 4.79 Å². The molecular formula is C14H16N2O2. The second-order valence-electron chi connectivity index (χ2n) is 4.13. The summed E-state index contributed by atoms with van der Waals surface area (Å²) in [5.41, 5.74) is 11.9. The summed E-state index contributed by atoms with van der Waals surface area (Å²) in [5.74, 6) is 0.119. The summed E-state index contributed by atoms with van der Waals surface area (Å²) in [5, 5.41) is 2.13. The third-order valence-corrected chi connectivity index (χ3v) is 2.91. The maximum Gasteiger partial charge on any atom is 0.258 e. The van der Waals surface area contributed by atoms with Crippen molar-refractivity contribution in [1.29, 1.82) is 0 Å². The fraction of sp³-hybridized carbons (Fsp3) is 0.214. The number of hydrogen-bond acceptors (Lipinski definition) is 3. The number of fused-ring (bicyclic) bond motifs is 1. The van der Waals surface area contributed by atoms with Crippen LogP contribution in [0.1, 0.15) is 12.5 Å². The Hall–Kier alpha value is -2.07. The fourth-order valence-corrected chi connectivity index (χ4v) is 1.89. The first kappa shape index (κ1) is 12.4. The second-order valence-corrected chi connectivity index (χ2v) is 4.13. The van der Waals surface area contributed by atoms with Crippen LogP contribution in [0.15, 0.2) is 36.4 Å². The van der Waals surface area contributed by atoms with Crippen LogP contribution in [0.5, 0.6) is 5.75 Å². The third kappa shape index (κ3) is 2.28. The van der Waals surface area contributed by atoms with Crippen molar-refractivity contribution in [2.45, 2.75) is 19.6 Å². The van der Waals surface area contributed by atoms with E-state index in [0.717, 1.165) is 16.3 Å². The van der Waals surface area contributed by atoms with Gasteiger partial charge in [-0.1, -0.05) is 30.3 Å². The summed E-state index contributed by atoms with van der Waals surface area (Å²) in [6, 6.07) is 11.7. The lowest BCUT2D eigenvalue weighted by molar-refractivity contribution is -0.123. The maximum atomic E-state index is 11.0. The summed E-state index contributed by atoms with van der Waals surface area (Å²) in [6.07, 6.45) is -0.670. The van der Waals surface area contributed by atoms with Gasteiger partial charge >= 0.3 is 0 Å². The van der Waals surface area contributed by atoms with Gasteiger partial charge < -0.3 is 16.2 Å². The van der Waals surface area contributed by atoms with Crippen LogP contribution < -0.4 is 16.2 Å². The van der Waals surface area contributed by atoms with Gasteiger partial charge in [0.1, 0.15) is 5.75 Å².